The van der Waals surface area contributed by atoms with Crippen LogP contribution in [0.3, 0.4) is 0 Å². The highest BCUT2D eigenvalue weighted by Crippen LogP contribution is 2.32. The number of ether oxygens (including phenoxy) is 3. The number of furan rings is 1. The van der Waals surface area contributed by atoms with Gasteiger partial charge in [-0.3, -0.25) is 4.90 Å². The molecule has 3 aromatic rings. The highest BCUT2D eigenvalue weighted by molar-refractivity contribution is 6.07. The Morgan fingerprint density at radius 1 is 1.20 bits per heavy atom. The predicted molar refractivity (Wildman–Crippen MR) is 112 cm³/mol. The number of hydrogen-bond donors (Lipinski definition) is 1. The van der Waals surface area contributed by atoms with Gasteiger partial charge in [0.05, 0.1) is 32.8 Å². The highest BCUT2D eigenvalue weighted by atomic mass is 16.5. The van der Waals surface area contributed by atoms with Crippen LogP contribution in [0.2, 0.25) is 0 Å². The average molecular weight is 414 g/mol. The number of nitrogen functional groups attached to an aromatic ring is 1. The van der Waals surface area contributed by atoms with Crippen LogP contribution in [0, 0.1) is 6.92 Å². The van der Waals surface area contributed by atoms with Crippen LogP contribution in [0.1, 0.15) is 34.4 Å². The second kappa shape index (κ2) is 9.00. The summed E-state index contributed by atoms with van der Waals surface area (Å²) in [7, 11) is 5.15. The zero-order chi connectivity index (χ0) is 21.8. The van der Waals surface area contributed by atoms with E-state index in [1.54, 1.807) is 28.1 Å². The molecule has 0 bridgehead atoms. The van der Waals surface area contributed by atoms with Gasteiger partial charge in [-0.15, -0.1) is 0 Å². The zero-order valence-electron chi connectivity index (χ0n) is 17.8. The Bertz CT molecular complexity index is 1060. The molecule has 0 aliphatic heterocycles. The van der Waals surface area contributed by atoms with E-state index < -0.39 is 5.97 Å². The first-order chi connectivity index (χ1) is 14.4. The van der Waals surface area contributed by atoms with E-state index in [1.807, 2.05) is 30.1 Å². The highest BCUT2D eigenvalue weighted by Gasteiger charge is 2.24. The van der Waals surface area contributed by atoms with Crippen LogP contribution in [0.15, 0.2) is 22.6 Å². The molecule has 0 unspecified atom stereocenters. The molecule has 9 nitrogen and oxygen atoms in total. The number of fused-ring (bicyclic) bond motifs is 1. The van der Waals surface area contributed by atoms with E-state index in [0.29, 0.717) is 41.6 Å². The molecule has 0 spiro atoms. The number of anilines is 1. The van der Waals surface area contributed by atoms with Crippen LogP contribution < -0.4 is 15.2 Å². The average Bonchev–Trinajstić information content (AvgIpc) is 3.04. The number of carbonyl (C=O) groups is 1. The van der Waals surface area contributed by atoms with Gasteiger partial charge >= 0.3 is 5.97 Å². The molecule has 0 atom stereocenters. The van der Waals surface area contributed by atoms with Gasteiger partial charge in [0.25, 0.3) is 0 Å². The SMILES string of the molecule is CCOC(=O)c1c(C)oc2nc(CN(C)Cc3cccc(OC)c3OC)nc(N)c12. The van der Waals surface area contributed by atoms with Crippen LogP contribution in [0.25, 0.3) is 11.1 Å². The van der Waals surface area contributed by atoms with E-state index in [-0.39, 0.29) is 23.7 Å². The molecule has 30 heavy (non-hydrogen) atoms. The lowest BCUT2D eigenvalue weighted by Crippen LogP contribution is -2.20. The predicted octanol–water partition coefficient (Wildman–Crippen LogP) is 2.94. The van der Waals surface area contributed by atoms with Crippen LogP contribution >= 0.6 is 0 Å². The van der Waals surface area contributed by atoms with E-state index in [1.165, 1.54) is 0 Å². The van der Waals surface area contributed by atoms with Crippen LogP contribution in [0.4, 0.5) is 5.82 Å². The molecular weight excluding hydrogens is 388 g/mol. The summed E-state index contributed by atoms with van der Waals surface area (Å²) in [5.74, 6) is 1.91. The van der Waals surface area contributed by atoms with Crippen molar-refractivity contribution in [2.45, 2.75) is 26.9 Å². The lowest BCUT2D eigenvalue weighted by Gasteiger charge is -2.19. The Morgan fingerprint density at radius 2 is 1.97 bits per heavy atom. The van der Waals surface area contributed by atoms with Gasteiger partial charge in [-0.2, -0.15) is 4.98 Å². The standard InChI is InChI=1S/C21H26N4O5/c1-6-29-21(26)16-12(2)30-20-17(16)19(22)23-15(24-20)11-25(3)10-13-8-7-9-14(27-4)18(13)28-5/h7-9H,6,10-11H2,1-5H3,(H2,22,23,24). The Labute approximate surface area is 174 Å². The summed E-state index contributed by atoms with van der Waals surface area (Å²) in [4.78, 5) is 23.1. The number of carbonyl (C=O) groups excluding carboxylic acids is 1. The molecule has 0 aliphatic carbocycles. The van der Waals surface area contributed by atoms with Gasteiger partial charge < -0.3 is 24.4 Å². The number of aryl methyl sites for hydroxylation is 1. The van der Waals surface area contributed by atoms with E-state index in [2.05, 4.69) is 9.97 Å². The van der Waals surface area contributed by atoms with Gasteiger partial charge in [0, 0.05) is 12.1 Å². The molecule has 2 heterocycles. The molecule has 2 N–H and O–H groups in total. The van der Waals surface area contributed by atoms with Crippen molar-refractivity contribution in [3.05, 3.63) is 40.9 Å². The summed E-state index contributed by atoms with van der Waals surface area (Å²) >= 11 is 0. The summed E-state index contributed by atoms with van der Waals surface area (Å²) in [5.41, 5.74) is 7.65. The Morgan fingerprint density at radius 3 is 2.63 bits per heavy atom. The van der Waals surface area contributed by atoms with Gasteiger partial charge in [-0.25, -0.2) is 9.78 Å². The molecular formula is C21H26N4O5. The topological polar surface area (TPSA) is 113 Å². The van der Waals surface area contributed by atoms with Crippen molar-refractivity contribution in [3.8, 4) is 11.5 Å². The minimum Gasteiger partial charge on any atom is -0.493 e. The number of benzene rings is 1. The molecule has 0 saturated carbocycles. The lowest BCUT2D eigenvalue weighted by atomic mass is 10.1. The third-order valence-corrected chi connectivity index (χ3v) is 4.62. The maximum absolute atomic E-state index is 12.2. The number of nitrogens with two attached hydrogens (primary N) is 1. The molecule has 0 amide bonds. The number of aromatic nitrogens is 2. The second-order valence-electron chi connectivity index (χ2n) is 6.78. The molecule has 9 heteroatoms. The number of rotatable bonds is 8. The van der Waals surface area contributed by atoms with Crippen molar-refractivity contribution in [1.29, 1.82) is 0 Å². The molecule has 0 aliphatic rings. The summed E-state index contributed by atoms with van der Waals surface area (Å²) in [6.45, 7) is 4.65. The van der Waals surface area contributed by atoms with Gasteiger partial charge in [0.15, 0.2) is 11.5 Å². The molecule has 0 fully saturated rings. The van der Waals surface area contributed by atoms with Crippen molar-refractivity contribution in [1.82, 2.24) is 14.9 Å². The fourth-order valence-electron chi connectivity index (χ4n) is 3.37. The molecule has 1 aromatic carbocycles. The Hall–Kier alpha value is -3.33. The fourth-order valence-corrected chi connectivity index (χ4v) is 3.37. The Balaban J connectivity index is 1.86. The van der Waals surface area contributed by atoms with Crippen LogP contribution in [0.5, 0.6) is 11.5 Å². The van der Waals surface area contributed by atoms with Gasteiger partial charge in [0.1, 0.15) is 23.0 Å². The number of nitrogens with zero attached hydrogens (tertiary/aromatic N) is 3. The van der Waals surface area contributed by atoms with Gasteiger partial charge in [-0.1, -0.05) is 12.1 Å². The Kier molecular flexibility index (Phi) is 6.41. The first kappa shape index (κ1) is 21.4. The summed E-state index contributed by atoms with van der Waals surface area (Å²) in [6, 6.07) is 5.73. The van der Waals surface area contributed by atoms with Crippen molar-refractivity contribution in [2.75, 3.05) is 33.6 Å². The number of hydrogen-bond acceptors (Lipinski definition) is 9. The van der Waals surface area contributed by atoms with E-state index in [0.717, 1.165) is 5.56 Å². The smallest absolute Gasteiger partial charge is 0.342 e. The lowest BCUT2D eigenvalue weighted by molar-refractivity contribution is 0.0526. The maximum atomic E-state index is 12.2. The first-order valence-electron chi connectivity index (χ1n) is 9.50. The van der Waals surface area contributed by atoms with Crippen molar-refractivity contribution >= 4 is 22.9 Å². The number of esters is 1. The minimum absolute atomic E-state index is 0.183. The third-order valence-electron chi connectivity index (χ3n) is 4.62. The molecule has 0 saturated heterocycles. The molecule has 3 rings (SSSR count). The summed E-state index contributed by atoms with van der Waals surface area (Å²) in [5, 5.41) is 0.381. The van der Waals surface area contributed by atoms with E-state index in [4.69, 9.17) is 24.4 Å². The molecule has 2 aromatic heterocycles. The van der Waals surface area contributed by atoms with Crippen molar-refractivity contribution in [3.63, 3.8) is 0 Å². The first-order valence-corrected chi connectivity index (χ1v) is 9.50. The van der Waals surface area contributed by atoms with E-state index >= 15 is 0 Å². The number of para-hydroxylation sites is 1. The van der Waals surface area contributed by atoms with Gasteiger partial charge in [0.2, 0.25) is 5.71 Å². The summed E-state index contributed by atoms with van der Waals surface area (Å²) in [6.07, 6.45) is 0. The van der Waals surface area contributed by atoms with Crippen molar-refractivity contribution < 1.29 is 23.4 Å². The monoisotopic (exact) mass is 414 g/mol. The zero-order valence-corrected chi connectivity index (χ0v) is 17.8. The number of methoxy groups -OCH3 is 2. The quantitative estimate of drug-likeness (QED) is 0.556. The maximum Gasteiger partial charge on any atom is 0.342 e. The van der Waals surface area contributed by atoms with Gasteiger partial charge in [-0.05, 0) is 27.0 Å². The molecule has 0 radical (unpaired) electrons. The van der Waals surface area contributed by atoms with E-state index in [9.17, 15) is 4.79 Å². The largest absolute Gasteiger partial charge is 0.493 e. The second-order valence-corrected chi connectivity index (χ2v) is 6.78. The minimum atomic E-state index is -0.501. The molecule has 160 valence electrons. The summed E-state index contributed by atoms with van der Waals surface area (Å²) < 4.78 is 21.6. The fraction of sp³-hybridized carbons (Fsp3) is 0.381. The van der Waals surface area contributed by atoms with Crippen LogP contribution in [-0.4, -0.2) is 48.7 Å². The van der Waals surface area contributed by atoms with Crippen LogP contribution in [-0.2, 0) is 17.8 Å². The normalized spacial score (nSPS) is 11.1. The van der Waals surface area contributed by atoms with Crippen molar-refractivity contribution in [2.24, 2.45) is 0 Å². The third kappa shape index (κ3) is 4.16.